The molecule has 1 amide bonds. The molecule has 0 aliphatic carbocycles. The summed E-state index contributed by atoms with van der Waals surface area (Å²) in [5.41, 5.74) is 0. The number of nitrogens with zero attached hydrogens (tertiary/aromatic N) is 1. The first-order valence-corrected chi connectivity index (χ1v) is 10.5. The molecule has 0 N–H and O–H groups in total. The first-order valence-electron chi connectivity index (χ1n) is 8.01. The first-order chi connectivity index (χ1) is 12.0. The van der Waals surface area contributed by atoms with Crippen LogP contribution in [0, 0.1) is 5.92 Å². The molecule has 0 spiro atoms. The fraction of sp³-hybridized carbons (Fsp3) is 0.733. The number of carbonyl (C=O) groups excluding carboxylic acids is 2. The largest absolute Gasteiger partial charge is 0.474 e. The third kappa shape index (κ3) is 7.92. The molecule has 0 aromatic carbocycles. The van der Waals surface area contributed by atoms with E-state index in [1.165, 1.54) is 32.1 Å². The van der Waals surface area contributed by atoms with Crippen LogP contribution in [0.5, 0.6) is 0 Å². The second-order valence-corrected chi connectivity index (χ2v) is 8.30. The van der Waals surface area contributed by atoms with E-state index in [-0.39, 0.29) is 24.2 Å². The van der Waals surface area contributed by atoms with Crippen LogP contribution in [0.25, 0.3) is 0 Å². The Hall–Kier alpha value is -0.860. The molecule has 8 nitrogen and oxygen atoms in total. The predicted octanol–water partition coefficient (Wildman–Crippen LogP) is 3.09. The van der Waals surface area contributed by atoms with Crippen molar-refractivity contribution < 1.29 is 32.5 Å². The van der Waals surface area contributed by atoms with E-state index < -0.39 is 13.9 Å². The molecule has 25 heavy (non-hydrogen) atoms. The number of rotatable bonds is 11. The van der Waals surface area contributed by atoms with Gasteiger partial charge in [-0.05, 0) is 19.3 Å². The van der Waals surface area contributed by atoms with Crippen LogP contribution in [0.3, 0.4) is 0 Å². The van der Waals surface area contributed by atoms with Crippen molar-refractivity contribution in [2.45, 2.75) is 19.3 Å². The molecule has 144 valence electrons. The van der Waals surface area contributed by atoms with Crippen LogP contribution in [0.4, 0.5) is 4.79 Å². The maximum Gasteiger partial charge on any atom is 0.474 e. The summed E-state index contributed by atoms with van der Waals surface area (Å²) in [7, 11) is -0.898. The number of hydrogen-bond donors (Lipinski definition) is 0. The number of phosphoric acid groups is 1. The molecule has 1 atom stereocenters. The van der Waals surface area contributed by atoms with E-state index in [4.69, 9.17) is 9.26 Å². The highest BCUT2D eigenvalue weighted by Gasteiger charge is 2.31. The molecule has 0 radical (unpaired) electrons. The maximum atomic E-state index is 12.2. The first kappa shape index (κ1) is 22.2. The van der Waals surface area contributed by atoms with Crippen molar-refractivity contribution in [3.05, 3.63) is 12.7 Å². The fourth-order valence-electron chi connectivity index (χ4n) is 2.19. The summed E-state index contributed by atoms with van der Waals surface area (Å²) in [5.74, 6) is 0.490. The number of thioether (sulfide) groups is 1. The second kappa shape index (κ2) is 11.7. The van der Waals surface area contributed by atoms with Gasteiger partial charge in [-0.2, -0.15) is 0 Å². The van der Waals surface area contributed by atoms with Crippen LogP contribution in [0.1, 0.15) is 19.3 Å². The molecule has 1 aliphatic rings. The summed E-state index contributed by atoms with van der Waals surface area (Å²) in [6, 6.07) is 0. The normalized spacial score (nSPS) is 17.5. The topological polar surface area (TPSA) is 91.4 Å². The van der Waals surface area contributed by atoms with E-state index in [2.05, 4.69) is 15.6 Å². The molecular weight excluding hydrogens is 369 g/mol. The highest BCUT2D eigenvalue weighted by atomic mass is 32.2. The van der Waals surface area contributed by atoms with Gasteiger partial charge in [-0.1, -0.05) is 24.4 Å². The molecule has 0 saturated carbocycles. The number of likely N-dealkylation sites (tertiary alicyclic amines) is 1. The quantitative estimate of drug-likeness (QED) is 0.299. The highest BCUT2D eigenvalue weighted by molar-refractivity contribution is 8.13. The molecule has 0 bridgehead atoms. The van der Waals surface area contributed by atoms with Gasteiger partial charge in [0.05, 0.1) is 6.61 Å². The Kier molecular flexibility index (Phi) is 10.4. The minimum atomic E-state index is -3.42. The van der Waals surface area contributed by atoms with E-state index in [1.807, 2.05) is 0 Å². The highest BCUT2D eigenvalue weighted by Crippen LogP contribution is 2.47. The maximum absolute atomic E-state index is 12.2. The van der Waals surface area contributed by atoms with Crippen molar-refractivity contribution in [2.24, 2.45) is 5.92 Å². The molecule has 1 saturated heterocycles. The smallest absolute Gasteiger partial charge is 0.445 e. The van der Waals surface area contributed by atoms with E-state index in [0.717, 1.165) is 6.42 Å². The molecule has 1 rings (SSSR count). The van der Waals surface area contributed by atoms with Crippen LogP contribution in [0.15, 0.2) is 12.7 Å². The zero-order chi connectivity index (χ0) is 18.7. The SMILES string of the molecule is C=CCOC(=O)N1CCC(C(=O)SCCCCOP(=O)(OC)OC)C1. The van der Waals surface area contributed by atoms with E-state index in [0.29, 0.717) is 31.7 Å². The number of ether oxygens (including phenoxy) is 1. The third-order valence-electron chi connectivity index (χ3n) is 3.58. The van der Waals surface area contributed by atoms with Crippen molar-refractivity contribution >= 4 is 30.8 Å². The zero-order valence-electron chi connectivity index (χ0n) is 14.7. The summed E-state index contributed by atoms with van der Waals surface area (Å²) in [4.78, 5) is 25.4. The Balaban J connectivity index is 2.16. The number of carbonyl (C=O) groups is 2. The van der Waals surface area contributed by atoms with Crippen molar-refractivity contribution in [1.29, 1.82) is 0 Å². The lowest BCUT2D eigenvalue weighted by Gasteiger charge is -2.15. The van der Waals surface area contributed by atoms with Gasteiger partial charge >= 0.3 is 13.9 Å². The lowest BCUT2D eigenvalue weighted by molar-refractivity contribution is -0.114. The molecule has 0 aromatic rings. The Bertz CT molecular complexity index is 494. The van der Waals surface area contributed by atoms with Crippen LogP contribution in [-0.4, -0.2) is 62.4 Å². The van der Waals surface area contributed by atoms with Crippen LogP contribution < -0.4 is 0 Å². The zero-order valence-corrected chi connectivity index (χ0v) is 16.4. The van der Waals surface area contributed by atoms with E-state index in [9.17, 15) is 14.2 Å². The minimum Gasteiger partial charge on any atom is -0.445 e. The van der Waals surface area contributed by atoms with Crippen molar-refractivity contribution in [1.82, 2.24) is 4.90 Å². The molecule has 1 heterocycles. The standard InChI is InChI=1S/C15H26NO7PS/c1-4-9-22-15(18)16-8-7-13(12-16)14(17)25-11-6-5-10-23-24(19,20-2)21-3/h4,13H,1,5-12H2,2-3H3. The average molecular weight is 395 g/mol. The van der Waals surface area contributed by atoms with Crippen molar-refractivity contribution in [3.63, 3.8) is 0 Å². The van der Waals surface area contributed by atoms with Gasteiger partial charge in [0.25, 0.3) is 0 Å². The van der Waals surface area contributed by atoms with Gasteiger partial charge < -0.3 is 9.64 Å². The van der Waals surface area contributed by atoms with E-state index >= 15 is 0 Å². The Morgan fingerprint density at radius 3 is 2.68 bits per heavy atom. The summed E-state index contributed by atoms with van der Waals surface area (Å²) >= 11 is 1.25. The lowest BCUT2D eigenvalue weighted by Crippen LogP contribution is -2.30. The lowest BCUT2D eigenvalue weighted by atomic mass is 10.1. The van der Waals surface area contributed by atoms with Gasteiger partial charge in [0.15, 0.2) is 5.12 Å². The van der Waals surface area contributed by atoms with E-state index in [1.54, 1.807) is 4.90 Å². The monoisotopic (exact) mass is 395 g/mol. The number of unbranched alkanes of at least 4 members (excludes halogenated alkanes) is 1. The molecule has 10 heteroatoms. The minimum absolute atomic E-state index is 0.0828. The summed E-state index contributed by atoms with van der Waals surface area (Å²) in [6.07, 6.45) is 3.14. The van der Waals surface area contributed by atoms with Crippen LogP contribution in [-0.2, 0) is 27.7 Å². The van der Waals surface area contributed by atoms with Crippen molar-refractivity contribution in [2.75, 3.05) is 46.3 Å². The van der Waals surface area contributed by atoms with Gasteiger partial charge in [-0.15, -0.1) is 0 Å². The molecule has 1 unspecified atom stereocenters. The summed E-state index contributed by atoms with van der Waals surface area (Å²) in [6.45, 7) is 4.83. The van der Waals surface area contributed by atoms with Gasteiger partial charge in [-0.25, -0.2) is 9.36 Å². The third-order valence-corrected chi connectivity index (χ3v) is 6.09. The van der Waals surface area contributed by atoms with Crippen LogP contribution in [0.2, 0.25) is 0 Å². The van der Waals surface area contributed by atoms with Gasteiger partial charge in [0.1, 0.15) is 6.61 Å². The average Bonchev–Trinajstić information content (AvgIpc) is 3.12. The predicted molar refractivity (Wildman–Crippen MR) is 95.5 cm³/mol. The molecule has 1 aliphatic heterocycles. The fourth-order valence-corrected chi connectivity index (χ4v) is 3.88. The second-order valence-electron chi connectivity index (χ2n) is 5.32. The Morgan fingerprint density at radius 2 is 2.04 bits per heavy atom. The summed E-state index contributed by atoms with van der Waals surface area (Å²) < 4.78 is 31.0. The Labute approximate surface area is 152 Å². The number of hydrogen-bond acceptors (Lipinski definition) is 8. The molecular formula is C15H26NO7PS. The van der Waals surface area contributed by atoms with Gasteiger partial charge in [0, 0.05) is 39.0 Å². The van der Waals surface area contributed by atoms with Crippen molar-refractivity contribution in [3.8, 4) is 0 Å². The van der Waals surface area contributed by atoms with Gasteiger partial charge in [0.2, 0.25) is 0 Å². The number of phosphoric ester groups is 1. The summed E-state index contributed by atoms with van der Waals surface area (Å²) in [5, 5.41) is 0.0828. The Morgan fingerprint density at radius 1 is 1.32 bits per heavy atom. The molecule has 1 fully saturated rings. The number of amides is 1. The van der Waals surface area contributed by atoms with Crippen LogP contribution >= 0.6 is 19.6 Å². The van der Waals surface area contributed by atoms with Gasteiger partial charge in [-0.3, -0.25) is 18.4 Å². The molecule has 0 aromatic heterocycles.